The van der Waals surface area contributed by atoms with E-state index in [9.17, 15) is 0 Å². The number of aromatic nitrogens is 4. The number of hydrogen-bond acceptors (Lipinski definition) is 3. The minimum atomic E-state index is 0.649. The molecule has 1 aliphatic carbocycles. The van der Waals surface area contributed by atoms with Crippen molar-refractivity contribution in [2.75, 3.05) is 0 Å². The van der Waals surface area contributed by atoms with E-state index in [1.807, 2.05) is 11.6 Å². The van der Waals surface area contributed by atoms with Gasteiger partial charge in [-0.2, -0.15) is 5.10 Å². The van der Waals surface area contributed by atoms with Gasteiger partial charge in [-0.15, -0.1) is 0 Å². The van der Waals surface area contributed by atoms with Crippen molar-refractivity contribution in [1.29, 1.82) is 0 Å². The Labute approximate surface area is 134 Å². The van der Waals surface area contributed by atoms with E-state index in [0.29, 0.717) is 4.77 Å². The third-order valence-electron chi connectivity index (χ3n) is 4.55. The molecule has 22 heavy (non-hydrogen) atoms. The van der Waals surface area contributed by atoms with Gasteiger partial charge in [0.1, 0.15) is 0 Å². The average Bonchev–Trinajstić information content (AvgIpc) is 3.06. The Balaban J connectivity index is 2.20. The maximum Gasteiger partial charge on any atom is 0.195 e. The molecular weight excluding hydrogens is 292 g/mol. The lowest BCUT2D eigenvalue weighted by molar-refractivity contribution is 0.893. The molecule has 1 aromatic carbocycles. The van der Waals surface area contributed by atoms with Gasteiger partial charge in [0.2, 0.25) is 0 Å². The van der Waals surface area contributed by atoms with Crippen LogP contribution in [0.5, 0.6) is 0 Å². The Hall–Kier alpha value is -2.01. The molecule has 0 unspecified atom stereocenters. The van der Waals surface area contributed by atoms with Gasteiger partial charge in [-0.05, 0) is 62.5 Å². The Morgan fingerprint density at radius 3 is 2.77 bits per heavy atom. The number of aromatic amines is 1. The lowest BCUT2D eigenvalue weighted by atomic mass is 9.97. The third kappa shape index (κ3) is 1.85. The maximum absolute atomic E-state index is 5.31. The molecule has 0 atom stereocenters. The van der Waals surface area contributed by atoms with E-state index in [1.165, 1.54) is 39.8 Å². The molecule has 0 amide bonds. The molecule has 4 rings (SSSR count). The third-order valence-corrected chi connectivity index (χ3v) is 4.92. The fourth-order valence-corrected chi connectivity index (χ4v) is 3.68. The van der Waals surface area contributed by atoms with Gasteiger partial charge in [0.25, 0.3) is 0 Å². The Kier molecular flexibility index (Phi) is 2.94. The molecule has 3 aromatic rings. The van der Waals surface area contributed by atoms with Gasteiger partial charge in [0, 0.05) is 23.7 Å². The second-order valence-corrected chi connectivity index (χ2v) is 6.54. The zero-order valence-electron chi connectivity index (χ0n) is 13.0. The van der Waals surface area contributed by atoms with Crippen molar-refractivity contribution in [3.05, 3.63) is 39.3 Å². The summed E-state index contributed by atoms with van der Waals surface area (Å²) in [5.41, 5.74) is 7.35. The second-order valence-electron chi connectivity index (χ2n) is 6.15. The highest BCUT2D eigenvalue weighted by Crippen LogP contribution is 2.37. The van der Waals surface area contributed by atoms with Crippen LogP contribution in [0.4, 0.5) is 0 Å². The zero-order valence-corrected chi connectivity index (χ0v) is 13.8. The van der Waals surface area contributed by atoms with Crippen LogP contribution in [0, 0.1) is 18.6 Å². The smallest absolute Gasteiger partial charge is 0.195 e. The molecule has 0 aliphatic heterocycles. The monoisotopic (exact) mass is 310 g/mol. The first-order chi connectivity index (χ1) is 10.6. The number of nitrogens with zero attached hydrogens (tertiary/aromatic N) is 3. The standard InChI is InChI=1S/C17H18N4S/c1-9-7-10(2)15-12(8-9)14(11-5-4-6-13(11)18-15)16-19-20-17(22)21(16)3/h7-8H,4-6H2,1-3H3,(H,20,22). The van der Waals surface area contributed by atoms with Gasteiger partial charge in [-0.1, -0.05) is 11.6 Å². The van der Waals surface area contributed by atoms with Crippen molar-refractivity contribution in [2.45, 2.75) is 33.1 Å². The molecule has 0 bridgehead atoms. The molecule has 0 fully saturated rings. The molecular formula is C17H18N4S. The summed E-state index contributed by atoms with van der Waals surface area (Å²) in [6.07, 6.45) is 3.29. The number of fused-ring (bicyclic) bond motifs is 2. The highest BCUT2D eigenvalue weighted by molar-refractivity contribution is 7.71. The van der Waals surface area contributed by atoms with Gasteiger partial charge in [-0.3, -0.25) is 10.1 Å². The molecule has 1 aliphatic rings. The van der Waals surface area contributed by atoms with Crippen molar-refractivity contribution >= 4 is 23.1 Å². The highest BCUT2D eigenvalue weighted by Gasteiger charge is 2.23. The molecule has 2 aromatic heterocycles. The van der Waals surface area contributed by atoms with E-state index >= 15 is 0 Å². The average molecular weight is 310 g/mol. The van der Waals surface area contributed by atoms with E-state index in [-0.39, 0.29) is 0 Å². The molecule has 5 heteroatoms. The number of benzene rings is 1. The summed E-state index contributed by atoms with van der Waals surface area (Å²) in [6.45, 7) is 4.27. The first kappa shape index (κ1) is 13.6. The van der Waals surface area contributed by atoms with Crippen molar-refractivity contribution in [3.63, 3.8) is 0 Å². The molecule has 0 spiro atoms. The quantitative estimate of drug-likeness (QED) is 0.695. The summed E-state index contributed by atoms with van der Waals surface area (Å²) in [5, 5.41) is 8.60. The number of pyridine rings is 1. The normalized spacial score (nSPS) is 13.8. The number of H-pyrrole nitrogens is 1. The Bertz CT molecular complexity index is 965. The van der Waals surface area contributed by atoms with E-state index in [4.69, 9.17) is 17.2 Å². The fourth-order valence-electron chi connectivity index (χ4n) is 3.54. The van der Waals surface area contributed by atoms with E-state index in [2.05, 4.69) is 36.2 Å². The number of rotatable bonds is 1. The first-order valence-electron chi connectivity index (χ1n) is 7.60. The maximum atomic E-state index is 5.31. The van der Waals surface area contributed by atoms with Crippen LogP contribution in [-0.2, 0) is 19.9 Å². The van der Waals surface area contributed by atoms with E-state index in [0.717, 1.165) is 24.2 Å². The fraction of sp³-hybridized carbons (Fsp3) is 0.353. The minimum absolute atomic E-state index is 0.649. The number of aryl methyl sites for hydroxylation is 3. The largest absolute Gasteiger partial charge is 0.303 e. The zero-order chi connectivity index (χ0) is 15.4. The first-order valence-corrected chi connectivity index (χ1v) is 8.01. The van der Waals surface area contributed by atoms with Gasteiger partial charge >= 0.3 is 0 Å². The number of nitrogens with one attached hydrogen (secondary N) is 1. The minimum Gasteiger partial charge on any atom is -0.303 e. The summed E-state index contributed by atoms with van der Waals surface area (Å²) >= 11 is 5.31. The molecule has 0 saturated carbocycles. The van der Waals surface area contributed by atoms with Crippen LogP contribution >= 0.6 is 12.2 Å². The van der Waals surface area contributed by atoms with Crippen molar-refractivity contribution in [3.8, 4) is 11.4 Å². The van der Waals surface area contributed by atoms with Crippen LogP contribution in [0.1, 0.15) is 28.8 Å². The van der Waals surface area contributed by atoms with E-state index < -0.39 is 0 Å². The van der Waals surface area contributed by atoms with Gasteiger partial charge < -0.3 is 4.57 Å². The van der Waals surface area contributed by atoms with E-state index in [1.54, 1.807) is 0 Å². The summed E-state index contributed by atoms with van der Waals surface area (Å²) in [6, 6.07) is 4.42. The molecule has 112 valence electrons. The lowest BCUT2D eigenvalue weighted by Crippen LogP contribution is -2.01. The van der Waals surface area contributed by atoms with Crippen LogP contribution in [0.3, 0.4) is 0 Å². The summed E-state index contributed by atoms with van der Waals surface area (Å²) in [5.74, 6) is 0.917. The molecule has 1 N–H and O–H groups in total. The predicted molar refractivity (Wildman–Crippen MR) is 90.6 cm³/mol. The molecule has 0 radical (unpaired) electrons. The predicted octanol–water partition coefficient (Wildman–Crippen LogP) is 3.80. The summed E-state index contributed by atoms with van der Waals surface area (Å²) < 4.78 is 2.61. The van der Waals surface area contributed by atoms with Crippen molar-refractivity contribution < 1.29 is 0 Å². The Morgan fingerprint density at radius 1 is 1.23 bits per heavy atom. The molecule has 0 saturated heterocycles. The topological polar surface area (TPSA) is 46.5 Å². The second kappa shape index (κ2) is 4.74. The van der Waals surface area contributed by atoms with Crippen LogP contribution in [0.15, 0.2) is 12.1 Å². The van der Waals surface area contributed by atoms with Gasteiger partial charge in [0.05, 0.1) is 5.52 Å². The van der Waals surface area contributed by atoms with Crippen LogP contribution in [0.25, 0.3) is 22.3 Å². The van der Waals surface area contributed by atoms with Crippen LogP contribution < -0.4 is 0 Å². The van der Waals surface area contributed by atoms with Gasteiger partial charge in [0.15, 0.2) is 10.6 Å². The highest BCUT2D eigenvalue weighted by atomic mass is 32.1. The van der Waals surface area contributed by atoms with Crippen molar-refractivity contribution in [1.82, 2.24) is 19.7 Å². The number of hydrogen-bond donors (Lipinski definition) is 1. The van der Waals surface area contributed by atoms with Crippen LogP contribution in [-0.4, -0.2) is 19.7 Å². The molecule has 2 heterocycles. The lowest BCUT2D eigenvalue weighted by Gasteiger charge is -2.14. The Morgan fingerprint density at radius 2 is 2.05 bits per heavy atom. The molecule has 4 nitrogen and oxygen atoms in total. The van der Waals surface area contributed by atoms with Gasteiger partial charge in [-0.25, -0.2) is 0 Å². The summed E-state index contributed by atoms with van der Waals surface area (Å²) in [4.78, 5) is 4.95. The van der Waals surface area contributed by atoms with Crippen LogP contribution in [0.2, 0.25) is 0 Å². The SMILES string of the molecule is Cc1cc(C)c2nc3c(c(-c4n[nH]c(=S)n4C)c2c1)CCC3. The summed E-state index contributed by atoms with van der Waals surface area (Å²) in [7, 11) is 1.97. The van der Waals surface area contributed by atoms with Crippen molar-refractivity contribution in [2.24, 2.45) is 7.05 Å².